The van der Waals surface area contributed by atoms with Gasteiger partial charge in [-0.05, 0) is 48.0 Å². The van der Waals surface area contributed by atoms with E-state index in [1.807, 2.05) is 0 Å². The molecule has 0 aliphatic heterocycles. The number of halogens is 1. The van der Waals surface area contributed by atoms with Gasteiger partial charge in [-0.2, -0.15) is 0 Å². The SMILES string of the molecule is CC(=O)Nc1ccc(S(=O)(=O)N(CC(=O)Cl)c2ccccc2)cc1. The Hall–Kier alpha value is -2.38. The van der Waals surface area contributed by atoms with Gasteiger partial charge in [0.25, 0.3) is 10.0 Å². The number of hydrogen-bond acceptors (Lipinski definition) is 4. The molecular weight excluding hydrogens is 352 g/mol. The van der Waals surface area contributed by atoms with E-state index in [2.05, 4.69) is 5.32 Å². The lowest BCUT2D eigenvalue weighted by Gasteiger charge is -2.23. The van der Waals surface area contributed by atoms with Crippen LogP contribution in [-0.2, 0) is 19.6 Å². The van der Waals surface area contributed by atoms with Crippen LogP contribution in [0.1, 0.15) is 6.92 Å². The Labute approximate surface area is 145 Å². The van der Waals surface area contributed by atoms with E-state index in [1.54, 1.807) is 30.3 Å². The van der Waals surface area contributed by atoms with Crippen LogP contribution in [0.2, 0.25) is 0 Å². The number of nitrogens with one attached hydrogen (secondary N) is 1. The predicted octanol–water partition coefficient (Wildman–Crippen LogP) is 2.61. The lowest BCUT2D eigenvalue weighted by molar-refractivity contribution is -0.114. The number of rotatable bonds is 6. The van der Waals surface area contributed by atoms with Gasteiger partial charge in [-0.3, -0.25) is 13.9 Å². The van der Waals surface area contributed by atoms with Crippen molar-refractivity contribution in [2.45, 2.75) is 11.8 Å². The van der Waals surface area contributed by atoms with Crippen molar-refractivity contribution in [2.75, 3.05) is 16.2 Å². The molecule has 2 aromatic carbocycles. The quantitative estimate of drug-likeness (QED) is 0.796. The number of benzene rings is 2. The molecule has 0 radical (unpaired) electrons. The topological polar surface area (TPSA) is 83.6 Å². The Morgan fingerprint density at radius 1 is 1.04 bits per heavy atom. The summed E-state index contributed by atoms with van der Waals surface area (Å²) in [5.41, 5.74) is 0.804. The van der Waals surface area contributed by atoms with Crippen LogP contribution in [0, 0.1) is 0 Å². The number of anilines is 2. The first kappa shape index (κ1) is 18.0. The predicted molar refractivity (Wildman–Crippen MR) is 92.6 cm³/mol. The minimum Gasteiger partial charge on any atom is -0.326 e. The number of sulfonamides is 1. The molecule has 0 fully saturated rings. The van der Waals surface area contributed by atoms with Gasteiger partial charge in [0.05, 0.1) is 10.6 Å². The van der Waals surface area contributed by atoms with Gasteiger partial charge in [-0.25, -0.2) is 8.42 Å². The Morgan fingerprint density at radius 3 is 2.12 bits per heavy atom. The number of carbonyl (C=O) groups is 2. The summed E-state index contributed by atoms with van der Waals surface area (Å²) >= 11 is 5.41. The maximum absolute atomic E-state index is 12.8. The van der Waals surface area contributed by atoms with Crippen molar-refractivity contribution in [2.24, 2.45) is 0 Å². The highest BCUT2D eigenvalue weighted by atomic mass is 35.5. The van der Waals surface area contributed by atoms with Crippen molar-refractivity contribution in [1.29, 1.82) is 0 Å². The molecule has 0 aliphatic carbocycles. The van der Waals surface area contributed by atoms with Crippen LogP contribution >= 0.6 is 11.6 Å². The van der Waals surface area contributed by atoms with Gasteiger partial charge in [-0.15, -0.1) is 0 Å². The summed E-state index contributed by atoms with van der Waals surface area (Å²) in [7, 11) is -3.98. The minimum absolute atomic E-state index is 0.0154. The molecule has 2 aromatic rings. The van der Waals surface area contributed by atoms with Crippen LogP contribution in [0.4, 0.5) is 11.4 Å². The van der Waals surface area contributed by atoms with E-state index in [-0.39, 0.29) is 10.8 Å². The van der Waals surface area contributed by atoms with Crippen molar-refractivity contribution in [1.82, 2.24) is 0 Å². The molecule has 0 saturated heterocycles. The molecule has 0 aliphatic rings. The van der Waals surface area contributed by atoms with Crippen LogP contribution in [0.5, 0.6) is 0 Å². The Bertz CT molecular complexity index is 836. The highest BCUT2D eigenvalue weighted by Crippen LogP contribution is 2.24. The fourth-order valence-electron chi connectivity index (χ4n) is 2.06. The van der Waals surface area contributed by atoms with Crippen molar-refractivity contribution >= 4 is 44.1 Å². The summed E-state index contributed by atoms with van der Waals surface area (Å²) < 4.78 is 26.6. The van der Waals surface area contributed by atoms with Crippen LogP contribution in [0.25, 0.3) is 0 Å². The number of amides is 1. The third-order valence-electron chi connectivity index (χ3n) is 3.07. The van der Waals surface area contributed by atoms with Gasteiger partial charge in [0.2, 0.25) is 11.1 Å². The van der Waals surface area contributed by atoms with Gasteiger partial charge in [0.1, 0.15) is 6.54 Å². The third-order valence-corrected chi connectivity index (χ3v) is 4.98. The zero-order valence-electron chi connectivity index (χ0n) is 12.8. The number of nitrogens with zero attached hydrogens (tertiary/aromatic N) is 1. The average molecular weight is 367 g/mol. The van der Waals surface area contributed by atoms with Crippen molar-refractivity contribution < 1.29 is 18.0 Å². The summed E-state index contributed by atoms with van der Waals surface area (Å²) in [6.45, 7) is 0.870. The second kappa shape index (κ2) is 7.46. The van der Waals surface area contributed by atoms with Gasteiger partial charge in [0.15, 0.2) is 0 Å². The molecular formula is C16H15ClN2O4S. The maximum Gasteiger partial charge on any atom is 0.264 e. The first-order valence-electron chi connectivity index (χ1n) is 6.94. The molecule has 0 atom stereocenters. The fraction of sp³-hybridized carbons (Fsp3) is 0.125. The Balaban J connectivity index is 2.40. The van der Waals surface area contributed by atoms with Crippen LogP contribution in [0.3, 0.4) is 0 Å². The minimum atomic E-state index is -3.98. The maximum atomic E-state index is 12.8. The molecule has 0 bridgehead atoms. The van der Waals surface area contributed by atoms with Gasteiger partial charge >= 0.3 is 0 Å². The molecule has 1 amide bonds. The first-order valence-corrected chi connectivity index (χ1v) is 8.76. The number of hydrogen-bond donors (Lipinski definition) is 1. The van der Waals surface area contributed by atoms with Crippen molar-refractivity contribution in [3.8, 4) is 0 Å². The van der Waals surface area contributed by atoms with Gasteiger partial charge in [0, 0.05) is 12.6 Å². The van der Waals surface area contributed by atoms with E-state index in [0.717, 1.165) is 4.31 Å². The molecule has 6 nitrogen and oxygen atoms in total. The van der Waals surface area contributed by atoms with Crippen LogP contribution < -0.4 is 9.62 Å². The molecule has 8 heteroatoms. The zero-order chi connectivity index (χ0) is 17.7. The molecule has 0 saturated carbocycles. The summed E-state index contributed by atoms with van der Waals surface area (Å²) in [5.74, 6) is -0.260. The molecule has 0 unspecified atom stereocenters. The summed E-state index contributed by atoms with van der Waals surface area (Å²) in [6.07, 6.45) is 0. The van der Waals surface area contributed by atoms with Gasteiger partial charge in [-0.1, -0.05) is 18.2 Å². The zero-order valence-corrected chi connectivity index (χ0v) is 14.3. The van der Waals surface area contributed by atoms with E-state index >= 15 is 0 Å². The molecule has 24 heavy (non-hydrogen) atoms. The molecule has 126 valence electrons. The molecule has 1 N–H and O–H groups in total. The second-order valence-corrected chi connectivity index (χ2v) is 7.19. The normalized spacial score (nSPS) is 10.9. The smallest absolute Gasteiger partial charge is 0.264 e. The monoisotopic (exact) mass is 366 g/mol. The molecule has 2 rings (SSSR count). The van der Waals surface area contributed by atoms with Crippen LogP contribution in [0.15, 0.2) is 59.5 Å². The first-order chi connectivity index (χ1) is 11.3. The lowest BCUT2D eigenvalue weighted by Crippen LogP contribution is -2.34. The Kier molecular flexibility index (Phi) is 5.58. The third kappa shape index (κ3) is 4.33. The molecule has 0 spiro atoms. The molecule has 0 aromatic heterocycles. The second-order valence-electron chi connectivity index (χ2n) is 4.91. The lowest BCUT2D eigenvalue weighted by atomic mass is 10.3. The van der Waals surface area contributed by atoms with E-state index in [1.165, 1.54) is 31.2 Å². The van der Waals surface area contributed by atoms with E-state index in [4.69, 9.17) is 11.6 Å². The fourth-order valence-corrected chi connectivity index (χ4v) is 3.67. The summed E-state index contributed by atoms with van der Waals surface area (Å²) in [4.78, 5) is 22.3. The van der Waals surface area contributed by atoms with E-state index < -0.39 is 21.8 Å². The van der Waals surface area contributed by atoms with Gasteiger partial charge < -0.3 is 5.32 Å². The van der Waals surface area contributed by atoms with Crippen molar-refractivity contribution in [3.05, 3.63) is 54.6 Å². The average Bonchev–Trinajstić information content (AvgIpc) is 2.53. The summed E-state index contributed by atoms with van der Waals surface area (Å²) in [6, 6.07) is 13.9. The standard InChI is InChI=1S/C16H15ClN2O4S/c1-12(20)18-13-7-9-15(10-8-13)24(22,23)19(11-16(17)21)14-5-3-2-4-6-14/h2-10H,11H2,1H3,(H,18,20). The highest BCUT2D eigenvalue weighted by molar-refractivity contribution is 7.92. The number of carbonyl (C=O) groups excluding carboxylic acids is 2. The van der Waals surface area contributed by atoms with E-state index in [0.29, 0.717) is 11.4 Å². The van der Waals surface area contributed by atoms with Crippen LogP contribution in [-0.4, -0.2) is 26.1 Å². The number of para-hydroxylation sites is 1. The Morgan fingerprint density at radius 2 is 1.62 bits per heavy atom. The van der Waals surface area contributed by atoms with E-state index in [9.17, 15) is 18.0 Å². The van der Waals surface area contributed by atoms with Crippen molar-refractivity contribution in [3.63, 3.8) is 0 Å². The highest BCUT2D eigenvalue weighted by Gasteiger charge is 2.26. The molecule has 0 heterocycles. The largest absolute Gasteiger partial charge is 0.326 e. The summed E-state index contributed by atoms with van der Waals surface area (Å²) in [5, 5.41) is 1.76.